The van der Waals surface area contributed by atoms with Crippen LogP contribution in [0.2, 0.25) is 5.15 Å². The highest BCUT2D eigenvalue weighted by molar-refractivity contribution is 6.32. The molecule has 0 bridgehead atoms. The molecule has 2 heterocycles. The first kappa shape index (κ1) is 8.90. The number of anilines is 1. The first-order valence-electron chi connectivity index (χ1n) is 3.95. The van der Waals surface area contributed by atoms with Gasteiger partial charge in [0.15, 0.2) is 5.15 Å². The van der Waals surface area contributed by atoms with E-state index in [1.165, 1.54) is 6.33 Å². The van der Waals surface area contributed by atoms with E-state index in [9.17, 15) is 0 Å². The highest BCUT2D eigenvalue weighted by atomic mass is 35.5. The molecule has 70 valence electrons. The third-order valence-electron chi connectivity index (χ3n) is 1.79. The maximum Gasteiger partial charge on any atom is 0.155 e. The van der Waals surface area contributed by atoms with E-state index in [0.717, 1.165) is 5.56 Å². The van der Waals surface area contributed by atoms with Gasteiger partial charge in [-0.25, -0.2) is 9.97 Å². The third-order valence-corrected chi connectivity index (χ3v) is 2.09. The lowest BCUT2D eigenvalue weighted by atomic mass is 10.2. The zero-order chi connectivity index (χ0) is 9.97. The van der Waals surface area contributed by atoms with E-state index in [1.807, 2.05) is 12.1 Å². The molecular formula is C9H7ClN4. The summed E-state index contributed by atoms with van der Waals surface area (Å²) in [6.07, 6.45) is 4.73. The van der Waals surface area contributed by atoms with Crippen LogP contribution in [0.5, 0.6) is 0 Å². The molecule has 0 unspecified atom stereocenters. The van der Waals surface area contributed by atoms with Gasteiger partial charge in [0.2, 0.25) is 0 Å². The zero-order valence-electron chi connectivity index (χ0n) is 7.18. The van der Waals surface area contributed by atoms with Crippen molar-refractivity contribution in [2.75, 3.05) is 5.73 Å². The van der Waals surface area contributed by atoms with Gasteiger partial charge in [0, 0.05) is 18.0 Å². The van der Waals surface area contributed by atoms with Gasteiger partial charge < -0.3 is 5.73 Å². The van der Waals surface area contributed by atoms with Crippen molar-refractivity contribution in [3.05, 3.63) is 36.0 Å². The first-order chi connectivity index (χ1) is 6.79. The van der Waals surface area contributed by atoms with Crippen molar-refractivity contribution in [2.45, 2.75) is 0 Å². The van der Waals surface area contributed by atoms with Gasteiger partial charge in [-0.2, -0.15) is 0 Å². The fraction of sp³-hybridized carbons (Fsp3) is 0. The number of nitrogens with two attached hydrogens (primary N) is 1. The minimum atomic E-state index is 0.270. The van der Waals surface area contributed by atoms with Gasteiger partial charge in [-0.15, -0.1) is 0 Å². The van der Waals surface area contributed by atoms with Gasteiger partial charge in [-0.1, -0.05) is 11.6 Å². The van der Waals surface area contributed by atoms with Crippen LogP contribution in [-0.2, 0) is 0 Å². The van der Waals surface area contributed by atoms with Crippen LogP contribution < -0.4 is 5.73 Å². The number of rotatable bonds is 1. The van der Waals surface area contributed by atoms with E-state index < -0.39 is 0 Å². The maximum absolute atomic E-state index is 5.77. The van der Waals surface area contributed by atoms with Crippen LogP contribution in [0.3, 0.4) is 0 Å². The maximum atomic E-state index is 5.77. The number of nitrogen functional groups attached to an aromatic ring is 1. The summed E-state index contributed by atoms with van der Waals surface area (Å²) in [5.41, 5.74) is 7.64. The molecule has 5 heteroatoms. The molecule has 0 fully saturated rings. The number of hydrogen-bond donors (Lipinski definition) is 1. The van der Waals surface area contributed by atoms with Crippen LogP contribution in [-0.4, -0.2) is 15.0 Å². The van der Waals surface area contributed by atoms with E-state index in [-0.39, 0.29) is 5.15 Å². The third kappa shape index (κ3) is 1.52. The molecule has 0 aromatic carbocycles. The number of nitrogens with zero attached hydrogens (tertiary/aromatic N) is 3. The highest BCUT2D eigenvalue weighted by Crippen LogP contribution is 2.26. The van der Waals surface area contributed by atoms with E-state index in [1.54, 1.807) is 12.4 Å². The molecule has 4 nitrogen and oxygen atoms in total. The summed E-state index contributed by atoms with van der Waals surface area (Å²) in [4.78, 5) is 11.7. The Hall–Kier alpha value is -1.68. The summed E-state index contributed by atoms with van der Waals surface area (Å²) in [5.74, 6) is 0. The van der Waals surface area contributed by atoms with Gasteiger partial charge >= 0.3 is 0 Å². The van der Waals surface area contributed by atoms with Crippen LogP contribution >= 0.6 is 11.6 Å². The molecule has 0 aliphatic carbocycles. The van der Waals surface area contributed by atoms with E-state index in [2.05, 4.69) is 15.0 Å². The molecule has 0 saturated carbocycles. The quantitative estimate of drug-likeness (QED) is 0.723. The van der Waals surface area contributed by atoms with Gasteiger partial charge in [-0.3, -0.25) is 4.98 Å². The molecule has 0 aliphatic rings. The molecule has 2 rings (SSSR count). The monoisotopic (exact) mass is 206 g/mol. The van der Waals surface area contributed by atoms with Crippen molar-refractivity contribution < 1.29 is 0 Å². The summed E-state index contributed by atoms with van der Waals surface area (Å²) in [5, 5.41) is 0.270. The molecule has 0 aliphatic heterocycles. The number of aromatic nitrogens is 3. The summed E-state index contributed by atoms with van der Waals surface area (Å²) in [7, 11) is 0. The Morgan fingerprint density at radius 3 is 2.57 bits per heavy atom. The standard InChI is InChI=1S/C9H7ClN4/c10-9-7(11)8(13-5-14-9)6-1-3-12-4-2-6/h1-5H,11H2. The van der Waals surface area contributed by atoms with E-state index in [0.29, 0.717) is 11.4 Å². The Kier molecular flexibility index (Phi) is 2.28. The number of pyridine rings is 1. The van der Waals surface area contributed by atoms with Crippen LogP contribution in [0.15, 0.2) is 30.9 Å². The predicted octanol–water partition coefficient (Wildman–Crippen LogP) is 1.77. The molecule has 0 saturated heterocycles. The first-order valence-corrected chi connectivity index (χ1v) is 4.33. The lowest BCUT2D eigenvalue weighted by Gasteiger charge is -2.04. The Balaban J connectivity index is 2.58. The van der Waals surface area contributed by atoms with Crippen LogP contribution in [0, 0.1) is 0 Å². The second-order valence-corrected chi connectivity index (χ2v) is 3.02. The fourth-order valence-corrected chi connectivity index (χ4v) is 1.25. The molecule has 2 N–H and O–H groups in total. The van der Waals surface area contributed by atoms with Crippen LogP contribution in [0.1, 0.15) is 0 Å². The minimum absolute atomic E-state index is 0.270. The smallest absolute Gasteiger partial charge is 0.155 e. The fourth-order valence-electron chi connectivity index (χ4n) is 1.11. The average molecular weight is 207 g/mol. The van der Waals surface area contributed by atoms with Crippen molar-refractivity contribution in [3.63, 3.8) is 0 Å². The predicted molar refractivity (Wildman–Crippen MR) is 54.7 cm³/mol. The highest BCUT2D eigenvalue weighted by Gasteiger charge is 2.07. The summed E-state index contributed by atoms with van der Waals surface area (Å²) in [6, 6.07) is 3.63. The molecule has 0 amide bonds. The van der Waals surface area contributed by atoms with Gasteiger partial charge in [0.05, 0.1) is 11.4 Å². The van der Waals surface area contributed by atoms with Crippen molar-refractivity contribution in [3.8, 4) is 11.3 Å². The lowest BCUT2D eigenvalue weighted by molar-refractivity contribution is 1.17. The summed E-state index contributed by atoms with van der Waals surface area (Å²) < 4.78 is 0. The largest absolute Gasteiger partial charge is 0.394 e. The SMILES string of the molecule is Nc1c(Cl)ncnc1-c1ccncc1. The van der Waals surface area contributed by atoms with Crippen molar-refractivity contribution >= 4 is 17.3 Å². The second kappa shape index (κ2) is 3.59. The lowest BCUT2D eigenvalue weighted by Crippen LogP contribution is -1.96. The van der Waals surface area contributed by atoms with Gasteiger partial charge in [0.1, 0.15) is 6.33 Å². The minimum Gasteiger partial charge on any atom is -0.394 e. The molecule has 2 aromatic heterocycles. The number of halogens is 1. The van der Waals surface area contributed by atoms with Crippen molar-refractivity contribution in [1.82, 2.24) is 15.0 Å². The number of hydrogen-bond acceptors (Lipinski definition) is 4. The zero-order valence-corrected chi connectivity index (χ0v) is 7.94. The molecule has 2 aromatic rings. The Labute approximate surface area is 85.8 Å². The Morgan fingerprint density at radius 2 is 1.86 bits per heavy atom. The topological polar surface area (TPSA) is 64.7 Å². The van der Waals surface area contributed by atoms with E-state index >= 15 is 0 Å². The van der Waals surface area contributed by atoms with Crippen molar-refractivity contribution in [2.24, 2.45) is 0 Å². The van der Waals surface area contributed by atoms with Gasteiger partial charge in [0.25, 0.3) is 0 Å². The normalized spacial score (nSPS) is 10.1. The van der Waals surface area contributed by atoms with E-state index in [4.69, 9.17) is 17.3 Å². The van der Waals surface area contributed by atoms with Gasteiger partial charge in [-0.05, 0) is 12.1 Å². The average Bonchev–Trinajstić information content (AvgIpc) is 2.23. The second-order valence-electron chi connectivity index (χ2n) is 2.66. The Morgan fingerprint density at radius 1 is 1.14 bits per heavy atom. The van der Waals surface area contributed by atoms with Crippen LogP contribution in [0.25, 0.3) is 11.3 Å². The molecule has 0 spiro atoms. The van der Waals surface area contributed by atoms with Crippen LogP contribution in [0.4, 0.5) is 5.69 Å². The molecule has 0 radical (unpaired) electrons. The molecule has 14 heavy (non-hydrogen) atoms. The molecular weight excluding hydrogens is 200 g/mol. The van der Waals surface area contributed by atoms with Crippen molar-refractivity contribution in [1.29, 1.82) is 0 Å². The Bertz CT molecular complexity index is 444. The summed E-state index contributed by atoms with van der Waals surface area (Å²) in [6.45, 7) is 0. The molecule has 0 atom stereocenters. The summed E-state index contributed by atoms with van der Waals surface area (Å²) >= 11 is 5.77.